The van der Waals surface area contributed by atoms with Crippen molar-refractivity contribution in [2.24, 2.45) is 0 Å². The molecule has 0 radical (unpaired) electrons. The SMILES string of the molecule is O=C(O)N(c1ccncc1)c1cccc(Cl)c1. The molecule has 5 heteroatoms. The van der Waals surface area contributed by atoms with Gasteiger partial charge in [0.15, 0.2) is 0 Å². The lowest BCUT2D eigenvalue weighted by Crippen LogP contribution is -2.23. The summed E-state index contributed by atoms with van der Waals surface area (Å²) < 4.78 is 0. The molecule has 0 unspecified atom stereocenters. The van der Waals surface area contributed by atoms with E-state index < -0.39 is 6.09 Å². The van der Waals surface area contributed by atoms with Crippen LogP contribution in [0.15, 0.2) is 48.8 Å². The van der Waals surface area contributed by atoms with E-state index in [0.717, 1.165) is 4.90 Å². The van der Waals surface area contributed by atoms with Gasteiger partial charge >= 0.3 is 6.09 Å². The van der Waals surface area contributed by atoms with Gasteiger partial charge in [0, 0.05) is 17.4 Å². The van der Waals surface area contributed by atoms with Crippen molar-refractivity contribution in [3.05, 3.63) is 53.8 Å². The Morgan fingerprint density at radius 2 is 1.88 bits per heavy atom. The van der Waals surface area contributed by atoms with Gasteiger partial charge in [-0.1, -0.05) is 17.7 Å². The zero-order chi connectivity index (χ0) is 12.3. The van der Waals surface area contributed by atoms with Crippen LogP contribution in [0.25, 0.3) is 0 Å². The zero-order valence-corrected chi connectivity index (χ0v) is 9.50. The summed E-state index contributed by atoms with van der Waals surface area (Å²) in [6.45, 7) is 0. The van der Waals surface area contributed by atoms with Crippen molar-refractivity contribution in [3.8, 4) is 0 Å². The highest BCUT2D eigenvalue weighted by molar-refractivity contribution is 6.31. The Hall–Kier alpha value is -2.07. The number of rotatable bonds is 2. The van der Waals surface area contributed by atoms with Gasteiger partial charge in [-0.15, -0.1) is 0 Å². The van der Waals surface area contributed by atoms with Crippen LogP contribution >= 0.6 is 11.6 Å². The molecule has 86 valence electrons. The second-order valence-corrected chi connectivity index (χ2v) is 3.74. The standard InChI is InChI=1S/C12H9ClN2O2/c13-9-2-1-3-11(8-9)15(12(16)17)10-4-6-14-7-5-10/h1-8H,(H,16,17). The number of hydrogen-bond donors (Lipinski definition) is 1. The molecule has 1 heterocycles. The van der Waals surface area contributed by atoms with Crippen molar-refractivity contribution in [2.75, 3.05) is 4.90 Å². The molecule has 0 bridgehead atoms. The fourth-order valence-corrected chi connectivity index (χ4v) is 1.66. The molecule has 0 aliphatic heterocycles. The van der Waals surface area contributed by atoms with E-state index in [1.807, 2.05) is 0 Å². The van der Waals surface area contributed by atoms with E-state index in [1.54, 1.807) is 36.4 Å². The Balaban J connectivity index is 2.47. The minimum atomic E-state index is -1.07. The molecule has 1 aromatic carbocycles. The highest BCUT2D eigenvalue weighted by Gasteiger charge is 2.16. The molecule has 0 aliphatic rings. The van der Waals surface area contributed by atoms with Crippen LogP contribution in [0.1, 0.15) is 0 Å². The van der Waals surface area contributed by atoms with Crippen molar-refractivity contribution in [1.29, 1.82) is 0 Å². The summed E-state index contributed by atoms with van der Waals surface area (Å²) in [6, 6.07) is 9.91. The second-order valence-electron chi connectivity index (χ2n) is 3.30. The monoisotopic (exact) mass is 248 g/mol. The smallest absolute Gasteiger partial charge is 0.416 e. The lowest BCUT2D eigenvalue weighted by atomic mass is 10.2. The van der Waals surface area contributed by atoms with Crippen molar-refractivity contribution in [3.63, 3.8) is 0 Å². The van der Waals surface area contributed by atoms with Gasteiger partial charge in [0.1, 0.15) is 0 Å². The van der Waals surface area contributed by atoms with Crippen molar-refractivity contribution in [1.82, 2.24) is 4.98 Å². The van der Waals surface area contributed by atoms with Gasteiger partial charge in [-0.05, 0) is 30.3 Å². The minimum absolute atomic E-state index is 0.489. The van der Waals surface area contributed by atoms with E-state index in [-0.39, 0.29) is 0 Å². The largest absolute Gasteiger partial charge is 0.464 e. The maximum Gasteiger partial charge on any atom is 0.416 e. The predicted molar refractivity (Wildman–Crippen MR) is 65.9 cm³/mol. The summed E-state index contributed by atoms with van der Waals surface area (Å²) in [7, 11) is 0. The lowest BCUT2D eigenvalue weighted by Gasteiger charge is -2.19. The van der Waals surface area contributed by atoms with Gasteiger partial charge in [0.25, 0.3) is 0 Å². The molecule has 0 saturated carbocycles. The molecule has 0 saturated heterocycles. The predicted octanol–water partition coefficient (Wildman–Crippen LogP) is 3.55. The number of carbonyl (C=O) groups is 1. The molecule has 17 heavy (non-hydrogen) atoms. The molecule has 0 spiro atoms. The number of benzene rings is 1. The maximum absolute atomic E-state index is 11.3. The van der Waals surface area contributed by atoms with Crippen LogP contribution < -0.4 is 4.90 Å². The van der Waals surface area contributed by atoms with Crippen LogP contribution in [-0.2, 0) is 0 Å². The first-order chi connectivity index (χ1) is 8.18. The van der Waals surface area contributed by atoms with Crippen LogP contribution in [0.2, 0.25) is 5.02 Å². The third kappa shape index (κ3) is 2.54. The Bertz CT molecular complexity index is 531. The summed E-state index contributed by atoms with van der Waals surface area (Å²) in [6.07, 6.45) is 2.00. The highest BCUT2D eigenvalue weighted by Crippen LogP contribution is 2.26. The molecule has 2 rings (SSSR count). The Kier molecular flexibility index (Phi) is 3.25. The Labute approximate surface area is 103 Å². The molecule has 0 fully saturated rings. The normalized spacial score (nSPS) is 9.94. The third-order valence-corrected chi connectivity index (χ3v) is 2.41. The molecule has 0 aliphatic carbocycles. The molecule has 0 atom stereocenters. The van der Waals surface area contributed by atoms with E-state index in [1.165, 1.54) is 12.4 Å². The van der Waals surface area contributed by atoms with Gasteiger partial charge in [0.05, 0.1) is 11.4 Å². The average Bonchev–Trinajstić information content (AvgIpc) is 2.30. The van der Waals surface area contributed by atoms with Gasteiger partial charge < -0.3 is 5.11 Å². The van der Waals surface area contributed by atoms with Crippen molar-refractivity contribution >= 4 is 29.1 Å². The van der Waals surface area contributed by atoms with Crippen LogP contribution in [-0.4, -0.2) is 16.2 Å². The number of hydrogen-bond acceptors (Lipinski definition) is 2. The average molecular weight is 249 g/mol. The highest BCUT2D eigenvalue weighted by atomic mass is 35.5. The third-order valence-electron chi connectivity index (χ3n) is 2.18. The van der Waals surface area contributed by atoms with E-state index in [2.05, 4.69) is 4.98 Å². The van der Waals surface area contributed by atoms with E-state index in [0.29, 0.717) is 16.4 Å². The fourth-order valence-electron chi connectivity index (χ4n) is 1.48. The van der Waals surface area contributed by atoms with E-state index >= 15 is 0 Å². The summed E-state index contributed by atoms with van der Waals surface area (Å²) in [5.74, 6) is 0. The van der Waals surface area contributed by atoms with Crippen LogP contribution in [0, 0.1) is 0 Å². The summed E-state index contributed by atoms with van der Waals surface area (Å²) in [5, 5.41) is 9.72. The first kappa shape index (κ1) is 11.4. The number of anilines is 2. The van der Waals surface area contributed by atoms with Crippen molar-refractivity contribution in [2.45, 2.75) is 0 Å². The van der Waals surface area contributed by atoms with E-state index in [4.69, 9.17) is 11.6 Å². The van der Waals surface area contributed by atoms with E-state index in [9.17, 15) is 9.90 Å². The van der Waals surface area contributed by atoms with Gasteiger partial charge in [-0.25, -0.2) is 9.69 Å². The number of aromatic nitrogens is 1. The number of carboxylic acid groups (broad SMARTS) is 1. The maximum atomic E-state index is 11.3. The first-order valence-corrected chi connectivity index (χ1v) is 5.25. The molecule has 1 amide bonds. The molecule has 1 aromatic heterocycles. The quantitative estimate of drug-likeness (QED) is 0.884. The zero-order valence-electron chi connectivity index (χ0n) is 8.75. The molecule has 2 aromatic rings. The van der Waals surface area contributed by atoms with Crippen molar-refractivity contribution < 1.29 is 9.90 Å². The van der Waals surface area contributed by atoms with Crippen LogP contribution in [0.4, 0.5) is 16.2 Å². The number of amides is 1. The molecule has 4 nitrogen and oxygen atoms in total. The topological polar surface area (TPSA) is 53.4 Å². The van der Waals surface area contributed by atoms with Gasteiger partial charge in [-0.3, -0.25) is 4.98 Å². The Morgan fingerprint density at radius 3 is 2.47 bits per heavy atom. The number of halogens is 1. The summed E-state index contributed by atoms with van der Waals surface area (Å²) in [5.41, 5.74) is 1.02. The fraction of sp³-hybridized carbons (Fsp3) is 0. The van der Waals surface area contributed by atoms with Gasteiger partial charge in [-0.2, -0.15) is 0 Å². The Morgan fingerprint density at radius 1 is 1.18 bits per heavy atom. The summed E-state index contributed by atoms with van der Waals surface area (Å²) in [4.78, 5) is 16.3. The molecular formula is C12H9ClN2O2. The first-order valence-electron chi connectivity index (χ1n) is 4.87. The summed E-state index contributed by atoms with van der Waals surface area (Å²) >= 11 is 5.85. The van der Waals surface area contributed by atoms with Crippen LogP contribution in [0.5, 0.6) is 0 Å². The molecule has 1 N–H and O–H groups in total. The van der Waals surface area contributed by atoms with Gasteiger partial charge in [0.2, 0.25) is 0 Å². The number of nitrogens with zero attached hydrogens (tertiary/aromatic N) is 2. The number of pyridine rings is 1. The minimum Gasteiger partial charge on any atom is -0.464 e. The van der Waals surface area contributed by atoms with Crippen LogP contribution in [0.3, 0.4) is 0 Å². The second kappa shape index (κ2) is 4.84. The molecular weight excluding hydrogens is 240 g/mol. The lowest BCUT2D eigenvalue weighted by molar-refractivity contribution is 0.205.